The van der Waals surface area contributed by atoms with Crippen molar-refractivity contribution in [3.63, 3.8) is 0 Å². The minimum atomic E-state index is -0.519. The van der Waals surface area contributed by atoms with E-state index in [0.717, 1.165) is 4.47 Å². The summed E-state index contributed by atoms with van der Waals surface area (Å²) < 4.78 is 15.8. The van der Waals surface area contributed by atoms with Crippen molar-refractivity contribution in [2.75, 3.05) is 12.4 Å². The number of nitrogens with one attached hydrogen (secondary N) is 1. The van der Waals surface area contributed by atoms with Crippen molar-refractivity contribution in [3.8, 4) is 5.69 Å². The fourth-order valence-corrected chi connectivity index (χ4v) is 4.13. The van der Waals surface area contributed by atoms with E-state index >= 15 is 0 Å². The molecule has 0 radical (unpaired) electrons. The Hall–Kier alpha value is -3.52. The Bertz CT molecular complexity index is 1370. The lowest BCUT2D eigenvalue weighted by Gasteiger charge is -2.29. The molecule has 1 N–H and O–H groups in total. The molecule has 0 aliphatic carbocycles. The summed E-state index contributed by atoms with van der Waals surface area (Å²) in [6.07, 6.45) is 0.506. The molecule has 0 aliphatic heterocycles. The number of anilines is 1. The maximum Gasteiger partial charge on any atom is 0.322 e. The summed E-state index contributed by atoms with van der Waals surface area (Å²) in [6, 6.07) is 19.2. The second-order valence-electron chi connectivity index (χ2n) is 7.55. The van der Waals surface area contributed by atoms with Gasteiger partial charge in [0.05, 0.1) is 28.3 Å². The number of rotatable bonds is 5. The molecular weight excluding hydrogens is 487 g/mol. The standard InChI is InChI=1S/C25H22BrFN4O2/c1-3-22(30(2)25(33)29-21-11-7-5-9-19(21)26)23-28-20-10-6-4-8-18(20)24(32)31(23)17-14-12-16(27)13-15-17/h4-15,22H,3H2,1-2H3,(H,29,33). The van der Waals surface area contributed by atoms with Crippen LogP contribution in [0.4, 0.5) is 14.9 Å². The highest BCUT2D eigenvalue weighted by Gasteiger charge is 2.27. The zero-order valence-electron chi connectivity index (χ0n) is 18.1. The second-order valence-corrected chi connectivity index (χ2v) is 8.40. The molecule has 0 spiro atoms. The monoisotopic (exact) mass is 508 g/mol. The van der Waals surface area contributed by atoms with E-state index in [1.807, 2.05) is 31.2 Å². The Morgan fingerprint density at radius 2 is 1.76 bits per heavy atom. The molecule has 8 heteroatoms. The van der Waals surface area contributed by atoms with E-state index in [0.29, 0.717) is 34.5 Å². The van der Waals surface area contributed by atoms with Crippen LogP contribution in [-0.2, 0) is 0 Å². The number of carbonyl (C=O) groups is 1. The van der Waals surface area contributed by atoms with Gasteiger partial charge in [-0.3, -0.25) is 9.36 Å². The van der Waals surface area contributed by atoms with Crippen molar-refractivity contribution in [1.82, 2.24) is 14.5 Å². The molecule has 0 saturated heterocycles. The van der Waals surface area contributed by atoms with Crippen LogP contribution in [0.2, 0.25) is 0 Å². The number of aromatic nitrogens is 2. The molecule has 4 rings (SSSR count). The second kappa shape index (κ2) is 9.54. The van der Waals surface area contributed by atoms with Gasteiger partial charge in [0.25, 0.3) is 5.56 Å². The number of hydrogen-bond acceptors (Lipinski definition) is 3. The maximum absolute atomic E-state index is 13.6. The van der Waals surface area contributed by atoms with Gasteiger partial charge in [-0.2, -0.15) is 0 Å². The molecule has 1 unspecified atom stereocenters. The molecule has 2 amide bonds. The van der Waals surface area contributed by atoms with Crippen LogP contribution in [0.15, 0.2) is 82.1 Å². The van der Waals surface area contributed by atoms with E-state index in [-0.39, 0.29) is 11.6 Å². The molecule has 1 aromatic heterocycles. The van der Waals surface area contributed by atoms with Gasteiger partial charge >= 0.3 is 6.03 Å². The first-order chi connectivity index (χ1) is 15.9. The van der Waals surface area contributed by atoms with E-state index in [2.05, 4.69) is 21.2 Å². The smallest absolute Gasteiger partial charge is 0.317 e. The minimum Gasteiger partial charge on any atom is -0.317 e. The zero-order valence-corrected chi connectivity index (χ0v) is 19.7. The van der Waals surface area contributed by atoms with Gasteiger partial charge < -0.3 is 10.2 Å². The quantitative estimate of drug-likeness (QED) is 0.364. The van der Waals surface area contributed by atoms with Gasteiger partial charge in [0.15, 0.2) is 0 Å². The summed E-state index contributed by atoms with van der Waals surface area (Å²) in [5.41, 5.74) is 1.37. The Morgan fingerprint density at radius 3 is 2.45 bits per heavy atom. The molecular formula is C25H22BrFN4O2. The predicted molar refractivity (Wildman–Crippen MR) is 131 cm³/mol. The number of urea groups is 1. The Morgan fingerprint density at radius 1 is 1.09 bits per heavy atom. The van der Waals surface area contributed by atoms with Gasteiger partial charge in [0, 0.05) is 11.5 Å². The SMILES string of the molecule is CCC(c1nc2ccccc2c(=O)n1-c1ccc(F)cc1)N(C)C(=O)Nc1ccccc1Br. The molecule has 6 nitrogen and oxygen atoms in total. The normalized spacial score (nSPS) is 11.9. The largest absolute Gasteiger partial charge is 0.322 e. The molecule has 168 valence electrons. The fourth-order valence-electron chi connectivity index (χ4n) is 3.75. The van der Waals surface area contributed by atoms with Crippen molar-refractivity contribution in [3.05, 3.63) is 99.3 Å². The molecule has 0 saturated carbocycles. The maximum atomic E-state index is 13.6. The zero-order chi connectivity index (χ0) is 23.5. The predicted octanol–water partition coefficient (Wildman–Crippen LogP) is 5.90. The molecule has 0 bridgehead atoms. The van der Waals surface area contributed by atoms with Gasteiger partial charge in [-0.15, -0.1) is 0 Å². The highest BCUT2D eigenvalue weighted by atomic mass is 79.9. The summed E-state index contributed by atoms with van der Waals surface area (Å²) in [7, 11) is 1.66. The van der Waals surface area contributed by atoms with Crippen LogP contribution in [0.5, 0.6) is 0 Å². The van der Waals surface area contributed by atoms with E-state index in [1.165, 1.54) is 33.7 Å². The van der Waals surface area contributed by atoms with Crippen molar-refractivity contribution in [1.29, 1.82) is 0 Å². The van der Waals surface area contributed by atoms with Crippen molar-refractivity contribution in [2.24, 2.45) is 0 Å². The lowest BCUT2D eigenvalue weighted by atomic mass is 10.1. The summed E-state index contributed by atoms with van der Waals surface area (Å²) in [4.78, 5) is 32.9. The number of para-hydroxylation sites is 2. The third kappa shape index (κ3) is 4.52. The number of nitrogens with zero attached hydrogens (tertiary/aromatic N) is 3. The van der Waals surface area contributed by atoms with Gasteiger partial charge in [-0.25, -0.2) is 14.2 Å². The van der Waals surface area contributed by atoms with Gasteiger partial charge in [0.2, 0.25) is 0 Å². The molecule has 1 heterocycles. The van der Waals surface area contributed by atoms with Crippen LogP contribution in [0.1, 0.15) is 25.2 Å². The van der Waals surface area contributed by atoms with Crippen molar-refractivity contribution >= 4 is 38.6 Å². The van der Waals surface area contributed by atoms with Gasteiger partial charge in [0.1, 0.15) is 11.6 Å². The summed E-state index contributed by atoms with van der Waals surface area (Å²) >= 11 is 3.44. The first-order valence-electron chi connectivity index (χ1n) is 10.5. The van der Waals surface area contributed by atoms with Crippen molar-refractivity contribution < 1.29 is 9.18 Å². The molecule has 3 aromatic carbocycles. The first-order valence-corrected chi connectivity index (χ1v) is 11.3. The van der Waals surface area contributed by atoms with E-state index in [4.69, 9.17) is 4.98 Å². The van der Waals surface area contributed by atoms with Gasteiger partial charge in [-0.1, -0.05) is 31.2 Å². The minimum absolute atomic E-state index is 0.278. The van der Waals surface area contributed by atoms with E-state index in [9.17, 15) is 14.0 Å². The van der Waals surface area contributed by atoms with Crippen LogP contribution >= 0.6 is 15.9 Å². The third-order valence-electron chi connectivity index (χ3n) is 5.47. The van der Waals surface area contributed by atoms with Gasteiger partial charge in [-0.05, 0) is 70.9 Å². The summed E-state index contributed by atoms with van der Waals surface area (Å²) in [5.74, 6) is -0.00309. The summed E-state index contributed by atoms with van der Waals surface area (Å²) in [5, 5.41) is 3.33. The summed E-state index contributed by atoms with van der Waals surface area (Å²) in [6.45, 7) is 1.92. The van der Waals surface area contributed by atoms with Crippen LogP contribution in [0, 0.1) is 5.82 Å². The molecule has 0 aliphatic rings. The number of halogens is 2. The number of fused-ring (bicyclic) bond motifs is 1. The van der Waals surface area contributed by atoms with Crippen LogP contribution < -0.4 is 10.9 Å². The van der Waals surface area contributed by atoms with Crippen LogP contribution in [-0.4, -0.2) is 27.5 Å². The number of amides is 2. The fraction of sp³-hybridized carbons (Fsp3) is 0.160. The Kier molecular flexibility index (Phi) is 6.55. The highest BCUT2D eigenvalue weighted by Crippen LogP contribution is 2.27. The lowest BCUT2D eigenvalue weighted by molar-refractivity contribution is 0.199. The molecule has 0 fully saturated rings. The highest BCUT2D eigenvalue weighted by molar-refractivity contribution is 9.10. The third-order valence-corrected chi connectivity index (χ3v) is 6.17. The Labute approximate surface area is 198 Å². The number of carbonyl (C=O) groups excluding carboxylic acids is 1. The molecule has 4 aromatic rings. The average Bonchev–Trinajstić information content (AvgIpc) is 2.82. The molecule has 33 heavy (non-hydrogen) atoms. The van der Waals surface area contributed by atoms with Crippen molar-refractivity contribution in [2.45, 2.75) is 19.4 Å². The average molecular weight is 509 g/mol. The van der Waals surface area contributed by atoms with Crippen LogP contribution in [0.25, 0.3) is 16.6 Å². The van der Waals surface area contributed by atoms with Crippen LogP contribution in [0.3, 0.4) is 0 Å². The number of hydrogen-bond donors (Lipinski definition) is 1. The topological polar surface area (TPSA) is 67.2 Å². The Balaban J connectivity index is 1.83. The van der Waals surface area contributed by atoms with E-state index in [1.54, 1.807) is 31.3 Å². The lowest BCUT2D eigenvalue weighted by Crippen LogP contribution is -2.38. The molecule has 1 atom stereocenters. The first kappa shape index (κ1) is 22.7. The number of benzene rings is 3. The van der Waals surface area contributed by atoms with E-state index < -0.39 is 11.9 Å².